The van der Waals surface area contributed by atoms with Gasteiger partial charge in [0.1, 0.15) is 11.6 Å². The number of hydrogen-bond donors (Lipinski definition) is 1. The Kier molecular flexibility index (Phi) is 14.1. The minimum Gasteiger partial charge on any atom is -0.507 e. The molecule has 0 fully saturated rings. The first-order chi connectivity index (χ1) is 38.3. The number of fused-ring (bicyclic) bond motifs is 4. The van der Waals surface area contributed by atoms with E-state index in [4.69, 9.17) is 9.97 Å². The first kappa shape index (κ1) is 54.8. The van der Waals surface area contributed by atoms with Crippen molar-refractivity contribution in [1.82, 2.24) is 19.1 Å². The molecule has 0 amide bonds. The molecule has 406 valence electrons. The molecule has 0 aliphatic heterocycles. The maximum absolute atomic E-state index is 12.8. The number of aromatic hydroxyl groups is 1. The summed E-state index contributed by atoms with van der Waals surface area (Å²) in [5.41, 5.74) is 19.3. The van der Waals surface area contributed by atoms with Gasteiger partial charge in [0.05, 0.1) is 22.3 Å². The number of rotatable bonds is 9. The van der Waals surface area contributed by atoms with Crippen LogP contribution < -0.4 is 0 Å². The van der Waals surface area contributed by atoms with E-state index in [1.54, 1.807) is 0 Å². The predicted octanol–water partition coefficient (Wildman–Crippen LogP) is 19.6. The Morgan fingerprint density at radius 2 is 1.05 bits per heavy atom. The van der Waals surface area contributed by atoms with Gasteiger partial charge in [-0.3, -0.25) is 9.55 Å². The monoisotopic (exact) mass is 1240 g/mol. The summed E-state index contributed by atoms with van der Waals surface area (Å²) < 4.78 is 4.66. The molecule has 0 radical (unpaired) electrons. The Hall–Kier alpha value is -8.11. The Morgan fingerprint density at radius 1 is 0.444 bits per heavy atom. The summed E-state index contributed by atoms with van der Waals surface area (Å²) >= 11 is 0. The Labute approximate surface area is 492 Å². The van der Waals surface area contributed by atoms with Gasteiger partial charge in [0.25, 0.3) is 0 Å². The minimum atomic E-state index is -0.362. The van der Waals surface area contributed by atoms with Crippen molar-refractivity contribution in [2.45, 2.75) is 97.8 Å². The smallest absolute Gasteiger partial charge is 0.148 e. The summed E-state index contributed by atoms with van der Waals surface area (Å²) in [7, 11) is 0. The number of imidazole rings is 1. The molecule has 9 aromatic carbocycles. The van der Waals surface area contributed by atoms with Crippen molar-refractivity contribution in [1.29, 1.82) is 0 Å². The van der Waals surface area contributed by atoms with Crippen molar-refractivity contribution in [3.63, 3.8) is 0 Å². The summed E-state index contributed by atoms with van der Waals surface area (Å²) in [6.45, 7) is 24.6. The van der Waals surface area contributed by atoms with Crippen LogP contribution in [-0.4, -0.2) is 24.2 Å². The van der Waals surface area contributed by atoms with Gasteiger partial charge in [0, 0.05) is 60.7 Å². The van der Waals surface area contributed by atoms with Crippen LogP contribution in [0.3, 0.4) is 0 Å². The molecule has 0 unspecified atom stereocenters. The predicted molar refractivity (Wildman–Crippen MR) is 336 cm³/mol. The summed E-state index contributed by atoms with van der Waals surface area (Å²) in [5, 5.41) is 15.0. The van der Waals surface area contributed by atoms with Crippen LogP contribution in [0, 0.1) is 6.07 Å². The van der Waals surface area contributed by atoms with E-state index >= 15 is 0 Å². The number of nitrogens with zero attached hydrogens (tertiary/aromatic N) is 4. The number of hydrogen-bond acceptors (Lipinski definition) is 3. The molecule has 12 rings (SSSR count). The molecule has 0 aliphatic rings. The number of para-hydroxylation sites is 3. The van der Waals surface area contributed by atoms with E-state index in [0.717, 1.165) is 100.0 Å². The van der Waals surface area contributed by atoms with Gasteiger partial charge in [-0.25, -0.2) is 4.98 Å². The molecule has 81 heavy (non-hydrogen) atoms. The number of pyridine rings is 1. The van der Waals surface area contributed by atoms with Gasteiger partial charge in [0.15, 0.2) is 0 Å². The molecule has 0 spiro atoms. The molecular formula is C75H69N4OPt-. The normalized spacial score (nSPS) is 12.3. The van der Waals surface area contributed by atoms with E-state index in [-0.39, 0.29) is 48.5 Å². The fourth-order valence-electron chi connectivity index (χ4n) is 11.7. The zero-order valence-corrected chi connectivity index (χ0v) is 50.5. The standard InChI is InChI=1S/C75H69N4O.Pt/c1-72(2,3)54-38-39-66(59(45-54)49-24-15-12-16-25-49)79-67-33-23-31-57(68(67)77-71(79)62-46-55(73(4,5)6)47-63(70(62)80)74(7,8)9)51-42-60-58-30-21-22-32-65(58)78(56-28-19-14-20-29-56)69(60)61(43-51)64-44-50(40-41-76-64)48-34-36-53(37-35-48)75(10,11)52-26-17-13-18-27-52;/h12-42,44-47,80H,1-11H3;/q-1;. The van der Waals surface area contributed by atoms with Gasteiger partial charge in [-0.1, -0.05) is 244 Å². The molecule has 0 atom stereocenters. The Balaban J connectivity index is 0.00000690. The van der Waals surface area contributed by atoms with E-state index in [0.29, 0.717) is 11.4 Å². The van der Waals surface area contributed by atoms with E-state index in [1.165, 1.54) is 16.7 Å². The second kappa shape index (κ2) is 20.8. The van der Waals surface area contributed by atoms with Gasteiger partial charge >= 0.3 is 0 Å². The molecule has 5 nitrogen and oxygen atoms in total. The quantitative estimate of drug-likeness (QED) is 0.147. The number of aromatic nitrogens is 4. The average Bonchev–Trinajstić information content (AvgIpc) is 4.07. The van der Waals surface area contributed by atoms with Crippen LogP contribution in [0.5, 0.6) is 5.75 Å². The Morgan fingerprint density at radius 3 is 1.73 bits per heavy atom. The average molecular weight is 1240 g/mol. The minimum absolute atomic E-state index is 0. The van der Waals surface area contributed by atoms with E-state index < -0.39 is 0 Å². The second-order valence-corrected chi connectivity index (χ2v) is 25.2. The third-order valence-electron chi connectivity index (χ3n) is 16.4. The summed E-state index contributed by atoms with van der Waals surface area (Å²) in [5.74, 6) is 0.900. The van der Waals surface area contributed by atoms with Gasteiger partial charge < -0.3 is 9.67 Å². The number of benzene rings is 9. The van der Waals surface area contributed by atoms with Crippen molar-refractivity contribution in [3.05, 3.63) is 246 Å². The van der Waals surface area contributed by atoms with Gasteiger partial charge in [-0.05, 0) is 115 Å². The molecule has 0 saturated heterocycles. The molecule has 6 heteroatoms. The fraction of sp³-hybridized carbons (Fsp3) is 0.200. The van der Waals surface area contributed by atoms with Crippen LogP contribution in [0.2, 0.25) is 0 Å². The maximum Gasteiger partial charge on any atom is 0.148 e. The van der Waals surface area contributed by atoms with E-state index in [2.05, 4.69) is 298 Å². The van der Waals surface area contributed by atoms with Crippen LogP contribution in [0.15, 0.2) is 212 Å². The van der Waals surface area contributed by atoms with Crippen LogP contribution in [0.4, 0.5) is 0 Å². The Bertz CT molecular complexity index is 4300. The third kappa shape index (κ3) is 9.95. The molecule has 3 heterocycles. The number of phenols is 1. The second-order valence-electron chi connectivity index (χ2n) is 25.2. The molecule has 3 aromatic heterocycles. The maximum atomic E-state index is 12.8. The van der Waals surface area contributed by atoms with Gasteiger partial charge in [-0.15, -0.1) is 17.7 Å². The zero-order valence-electron chi connectivity index (χ0n) is 48.3. The van der Waals surface area contributed by atoms with Crippen LogP contribution in [0.1, 0.15) is 104 Å². The van der Waals surface area contributed by atoms with Crippen molar-refractivity contribution >= 4 is 32.8 Å². The largest absolute Gasteiger partial charge is 0.507 e. The van der Waals surface area contributed by atoms with Crippen molar-refractivity contribution in [3.8, 4) is 73.2 Å². The molecule has 1 N–H and O–H groups in total. The first-order valence-corrected chi connectivity index (χ1v) is 28.0. The molecule has 0 aliphatic carbocycles. The van der Waals surface area contributed by atoms with Crippen LogP contribution in [0.25, 0.3) is 100 Å². The van der Waals surface area contributed by atoms with Crippen molar-refractivity contribution < 1.29 is 26.2 Å². The zero-order chi connectivity index (χ0) is 55.9. The third-order valence-corrected chi connectivity index (χ3v) is 16.4. The molecule has 0 bridgehead atoms. The van der Waals surface area contributed by atoms with Crippen LogP contribution >= 0.6 is 0 Å². The van der Waals surface area contributed by atoms with Crippen molar-refractivity contribution in [2.24, 2.45) is 0 Å². The van der Waals surface area contributed by atoms with Gasteiger partial charge in [0.2, 0.25) is 0 Å². The van der Waals surface area contributed by atoms with Gasteiger partial charge in [-0.2, -0.15) is 0 Å². The summed E-state index contributed by atoms with van der Waals surface area (Å²) in [6, 6.07) is 78.1. The molecule has 0 saturated carbocycles. The first-order valence-electron chi connectivity index (χ1n) is 28.0. The molecule has 12 aromatic rings. The van der Waals surface area contributed by atoms with E-state index in [9.17, 15) is 5.11 Å². The topological polar surface area (TPSA) is 55.9 Å². The number of phenolic OH excluding ortho intramolecular Hbond substituents is 1. The van der Waals surface area contributed by atoms with Crippen molar-refractivity contribution in [2.75, 3.05) is 0 Å². The molecular weight excluding hydrogens is 1170 g/mol. The van der Waals surface area contributed by atoms with Crippen LogP contribution in [-0.2, 0) is 42.7 Å². The fourth-order valence-corrected chi connectivity index (χ4v) is 11.7. The summed E-state index contributed by atoms with van der Waals surface area (Å²) in [6.07, 6.45) is 1.93. The summed E-state index contributed by atoms with van der Waals surface area (Å²) in [4.78, 5) is 11.0. The SMILES string of the molecule is CC(C)(C)c1ccc(-n2c(-c3cc(C(C)(C)C)cc(C(C)(C)C)c3O)nc3c(-c4[c-]c(-c5cc(-c6ccc(C(C)(C)c7ccccc7)cc6)ccn5)c5c(c4)c4ccccc4n5-c4ccccc4)cccc32)c(-c2ccccc2)c1.[Pt]. The van der Waals surface area contributed by atoms with E-state index in [1.807, 2.05) is 6.20 Å².